The average molecular weight is 325 g/mol. The normalized spacial score (nSPS) is 10.1. The Hall–Kier alpha value is -2.54. The number of hydrogen-bond donors (Lipinski definition) is 1. The third-order valence-electron chi connectivity index (χ3n) is 2.61. The van der Waals surface area contributed by atoms with E-state index in [2.05, 4.69) is 10.5 Å². The van der Waals surface area contributed by atoms with E-state index < -0.39 is 18.5 Å². The van der Waals surface area contributed by atoms with Crippen molar-refractivity contribution in [1.29, 1.82) is 0 Å². The highest BCUT2D eigenvalue weighted by molar-refractivity contribution is 6.31. The van der Waals surface area contributed by atoms with Crippen LogP contribution in [-0.2, 0) is 9.53 Å². The highest BCUT2D eigenvalue weighted by atomic mass is 35.5. The lowest BCUT2D eigenvalue weighted by Gasteiger charge is -2.08. The molecule has 0 unspecified atom stereocenters. The molecule has 0 aliphatic rings. The molecule has 1 aromatic carbocycles. The third kappa shape index (κ3) is 3.98. The standard InChI is InChI=1S/C14H13ClN2O5/c1-8-5-13(22-17-8)16-12(18)7-21-14(19)10-6-9(15)3-4-11(10)20-2/h3-6H,7H2,1-2H3,(H,16,18). The highest BCUT2D eigenvalue weighted by Crippen LogP contribution is 2.23. The largest absolute Gasteiger partial charge is 0.496 e. The van der Waals surface area contributed by atoms with Crippen molar-refractivity contribution in [3.05, 3.63) is 40.5 Å². The van der Waals surface area contributed by atoms with Crippen molar-refractivity contribution < 1.29 is 23.6 Å². The zero-order valence-corrected chi connectivity index (χ0v) is 12.6. The van der Waals surface area contributed by atoms with Gasteiger partial charge in [0.25, 0.3) is 5.91 Å². The van der Waals surface area contributed by atoms with Crippen molar-refractivity contribution in [3.8, 4) is 5.75 Å². The van der Waals surface area contributed by atoms with Crippen LogP contribution in [0.4, 0.5) is 5.88 Å². The molecule has 0 radical (unpaired) electrons. The summed E-state index contributed by atoms with van der Waals surface area (Å²) in [6, 6.07) is 6.06. The van der Waals surface area contributed by atoms with E-state index in [0.717, 1.165) is 0 Å². The minimum atomic E-state index is -0.719. The van der Waals surface area contributed by atoms with E-state index in [4.69, 9.17) is 25.6 Å². The minimum absolute atomic E-state index is 0.137. The van der Waals surface area contributed by atoms with Crippen LogP contribution in [0, 0.1) is 6.92 Å². The van der Waals surface area contributed by atoms with Crippen molar-refractivity contribution in [2.75, 3.05) is 19.0 Å². The molecule has 1 amide bonds. The fourth-order valence-corrected chi connectivity index (χ4v) is 1.82. The molecule has 2 rings (SSSR count). The van der Waals surface area contributed by atoms with Crippen LogP contribution < -0.4 is 10.1 Å². The SMILES string of the molecule is COc1ccc(Cl)cc1C(=O)OCC(=O)Nc1cc(C)no1. The molecule has 0 saturated heterocycles. The highest BCUT2D eigenvalue weighted by Gasteiger charge is 2.16. The second kappa shape index (κ2) is 6.95. The number of hydrogen-bond acceptors (Lipinski definition) is 6. The number of nitrogens with zero attached hydrogens (tertiary/aromatic N) is 1. The summed E-state index contributed by atoms with van der Waals surface area (Å²) >= 11 is 5.83. The van der Waals surface area contributed by atoms with Crippen molar-refractivity contribution in [2.24, 2.45) is 0 Å². The Morgan fingerprint density at radius 1 is 1.36 bits per heavy atom. The molecule has 22 heavy (non-hydrogen) atoms. The average Bonchev–Trinajstić information content (AvgIpc) is 2.89. The van der Waals surface area contributed by atoms with Crippen molar-refractivity contribution in [3.63, 3.8) is 0 Å². The van der Waals surface area contributed by atoms with E-state index in [-0.39, 0.29) is 11.4 Å². The predicted octanol–water partition coefficient (Wildman–Crippen LogP) is 2.44. The third-order valence-corrected chi connectivity index (χ3v) is 2.84. The summed E-state index contributed by atoms with van der Waals surface area (Å²) in [6.07, 6.45) is 0. The second-order valence-electron chi connectivity index (χ2n) is 4.30. The van der Waals surface area contributed by atoms with Crippen LogP contribution >= 0.6 is 11.6 Å². The van der Waals surface area contributed by atoms with Crippen LogP contribution in [0.25, 0.3) is 0 Å². The molecule has 0 fully saturated rings. The number of rotatable bonds is 5. The summed E-state index contributed by atoms with van der Waals surface area (Å²) in [7, 11) is 1.42. The lowest BCUT2D eigenvalue weighted by Crippen LogP contribution is -2.21. The van der Waals surface area contributed by atoms with Gasteiger partial charge in [0.15, 0.2) is 6.61 Å². The number of esters is 1. The Morgan fingerprint density at radius 2 is 2.14 bits per heavy atom. The van der Waals surface area contributed by atoms with E-state index in [1.165, 1.54) is 19.2 Å². The van der Waals surface area contributed by atoms with E-state index >= 15 is 0 Å². The summed E-state index contributed by atoms with van der Waals surface area (Å²) < 4.78 is 14.8. The lowest BCUT2D eigenvalue weighted by atomic mass is 10.2. The van der Waals surface area contributed by atoms with E-state index in [1.807, 2.05) is 0 Å². The van der Waals surface area contributed by atoms with Gasteiger partial charge in [0.2, 0.25) is 5.88 Å². The minimum Gasteiger partial charge on any atom is -0.496 e. The lowest BCUT2D eigenvalue weighted by molar-refractivity contribution is -0.119. The van der Waals surface area contributed by atoms with Gasteiger partial charge in [0.05, 0.1) is 12.8 Å². The van der Waals surface area contributed by atoms with Crippen molar-refractivity contribution >= 4 is 29.4 Å². The van der Waals surface area contributed by atoms with Gasteiger partial charge in [-0.1, -0.05) is 16.8 Å². The molecular formula is C14H13ClN2O5. The van der Waals surface area contributed by atoms with Gasteiger partial charge in [-0.15, -0.1) is 0 Å². The number of halogens is 1. The molecule has 0 spiro atoms. The molecule has 2 aromatic rings. The zero-order valence-electron chi connectivity index (χ0n) is 11.9. The number of carbonyl (C=O) groups is 2. The van der Waals surface area contributed by atoms with Crippen molar-refractivity contribution in [1.82, 2.24) is 5.16 Å². The first-order valence-corrected chi connectivity index (χ1v) is 6.61. The molecule has 1 heterocycles. The van der Waals surface area contributed by atoms with Gasteiger partial charge in [-0.3, -0.25) is 10.1 Å². The fraction of sp³-hybridized carbons (Fsp3) is 0.214. The summed E-state index contributed by atoms with van der Waals surface area (Å²) in [5, 5.41) is 6.38. The first-order valence-electron chi connectivity index (χ1n) is 6.23. The van der Waals surface area contributed by atoms with Crippen LogP contribution in [0.2, 0.25) is 5.02 Å². The van der Waals surface area contributed by atoms with Crippen LogP contribution in [0.15, 0.2) is 28.8 Å². The quantitative estimate of drug-likeness (QED) is 0.849. The number of ether oxygens (including phenoxy) is 2. The van der Waals surface area contributed by atoms with Crippen LogP contribution in [0.3, 0.4) is 0 Å². The molecule has 0 bridgehead atoms. The van der Waals surface area contributed by atoms with Crippen molar-refractivity contribution in [2.45, 2.75) is 6.92 Å². The van der Waals surface area contributed by atoms with Crippen LogP contribution in [0.1, 0.15) is 16.1 Å². The molecular weight excluding hydrogens is 312 g/mol. The molecule has 7 nitrogen and oxygen atoms in total. The number of aryl methyl sites for hydroxylation is 1. The number of benzene rings is 1. The summed E-state index contributed by atoms with van der Waals surface area (Å²) in [6.45, 7) is 1.23. The first-order chi connectivity index (χ1) is 10.5. The van der Waals surface area contributed by atoms with E-state index in [1.54, 1.807) is 19.1 Å². The Morgan fingerprint density at radius 3 is 2.77 bits per heavy atom. The number of amides is 1. The Bertz CT molecular complexity index is 698. The number of aromatic nitrogens is 1. The van der Waals surface area contributed by atoms with Gasteiger partial charge >= 0.3 is 5.97 Å². The number of carbonyl (C=O) groups excluding carboxylic acids is 2. The maximum atomic E-state index is 12.0. The Labute approximate surface area is 131 Å². The fourth-order valence-electron chi connectivity index (χ4n) is 1.64. The van der Waals surface area contributed by atoms with Gasteiger partial charge in [-0.2, -0.15) is 0 Å². The van der Waals surface area contributed by atoms with Gasteiger partial charge < -0.3 is 14.0 Å². The van der Waals surface area contributed by atoms with Crippen LogP contribution in [0.5, 0.6) is 5.75 Å². The number of anilines is 1. The van der Waals surface area contributed by atoms with E-state index in [0.29, 0.717) is 16.5 Å². The molecule has 0 saturated carbocycles. The monoisotopic (exact) mass is 324 g/mol. The molecule has 0 aliphatic carbocycles. The number of methoxy groups -OCH3 is 1. The number of nitrogens with one attached hydrogen (secondary N) is 1. The molecule has 0 atom stereocenters. The second-order valence-corrected chi connectivity index (χ2v) is 4.74. The molecule has 1 N–H and O–H groups in total. The summed E-state index contributed by atoms with van der Waals surface area (Å²) in [4.78, 5) is 23.6. The topological polar surface area (TPSA) is 90.7 Å². The van der Waals surface area contributed by atoms with E-state index in [9.17, 15) is 9.59 Å². The molecule has 1 aromatic heterocycles. The first kappa shape index (κ1) is 15.8. The van der Waals surface area contributed by atoms with Gasteiger partial charge in [0.1, 0.15) is 11.3 Å². The van der Waals surface area contributed by atoms with Gasteiger partial charge in [0, 0.05) is 11.1 Å². The predicted molar refractivity (Wildman–Crippen MR) is 78.2 cm³/mol. The molecule has 8 heteroatoms. The summed E-state index contributed by atoms with van der Waals surface area (Å²) in [5.41, 5.74) is 0.759. The van der Waals surface area contributed by atoms with Gasteiger partial charge in [-0.05, 0) is 25.1 Å². The molecule has 116 valence electrons. The summed E-state index contributed by atoms with van der Waals surface area (Å²) in [5.74, 6) is -0.784. The molecule has 0 aliphatic heterocycles. The van der Waals surface area contributed by atoms with Crippen LogP contribution in [-0.4, -0.2) is 30.7 Å². The Balaban J connectivity index is 1.95. The smallest absolute Gasteiger partial charge is 0.342 e. The Kier molecular flexibility index (Phi) is 5.00. The zero-order chi connectivity index (χ0) is 16.1. The maximum Gasteiger partial charge on any atom is 0.342 e. The van der Waals surface area contributed by atoms with Gasteiger partial charge in [-0.25, -0.2) is 4.79 Å². The maximum absolute atomic E-state index is 12.0.